The highest BCUT2D eigenvalue weighted by Gasteiger charge is 2.20. The number of hydrogen-bond acceptors (Lipinski definition) is 2. The Morgan fingerprint density at radius 2 is 1.78 bits per heavy atom. The van der Waals surface area contributed by atoms with Gasteiger partial charge in [0.2, 0.25) is 0 Å². The lowest BCUT2D eigenvalue weighted by Crippen LogP contribution is -2.27. The second kappa shape index (κ2) is 6.03. The highest BCUT2D eigenvalue weighted by molar-refractivity contribution is 5.73. The van der Waals surface area contributed by atoms with Crippen LogP contribution in [0.4, 0.5) is 0 Å². The van der Waals surface area contributed by atoms with Crippen molar-refractivity contribution in [1.82, 2.24) is 0 Å². The van der Waals surface area contributed by atoms with Crippen molar-refractivity contribution in [2.45, 2.75) is 59.0 Å². The molecule has 0 heterocycles. The minimum atomic E-state index is -0.366. The van der Waals surface area contributed by atoms with Crippen LogP contribution in [0.15, 0.2) is 24.3 Å². The van der Waals surface area contributed by atoms with Gasteiger partial charge in [-0.05, 0) is 37.3 Å². The molecule has 0 saturated heterocycles. The average Bonchev–Trinajstić information content (AvgIpc) is 2.29. The molecule has 1 rings (SSSR count). The minimum absolute atomic E-state index is 0.154. The first kappa shape index (κ1) is 14.7. The van der Waals surface area contributed by atoms with Crippen LogP contribution in [-0.4, -0.2) is 11.6 Å². The Hall–Kier alpha value is -1.31. The molecule has 0 N–H and O–H groups in total. The second-order valence-electron chi connectivity index (χ2n) is 5.66. The fourth-order valence-electron chi connectivity index (χ4n) is 1.60. The van der Waals surface area contributed by atoms with Crippen LogP contribution >= 0.6 is 0 Å². The number of rotatable bonds is 5. The van der Waals surface area contributed by atoms with E-state index in [-0.39, 0.29) is 11.6 Å². The lowest BCUT2D eigenvalue weighted by atomic mass is 10.0. The summed E-state index contributed by atoms with van der Waals surface area (Å²) in [6.07, 6.45) is 1.17. The number of benzene rings is 1. The number of carbonyl (C=O) groups excluding carboxylic acids is 1. The Bertz CT molecular complexity index is 388. The van der Waals surface area contributed by atoms with Crippen molar-refractivity contribution in [3.05, 3.63) is 35.4 Å². The maximum atomic E-state index is 11.8. The smallest absolute Gasteiger partial charge is 0.310 e. The number of ether oxygens (including phenoxy) is 1. The molecule has 0 amide bonds. The Morgan fingerprint density at radius 3 is 2.22 bits per heavy atom. The van der Waals surface area contributed by atoms with Crippen LogP contribution in [0.2, 0.25) is 0 Å². The van der Waals surface area contributed by atoms with E-state index in [0.29, 0.717) is 12.3 Å². The quantitative estimate of drug-likeness (QED) is 0.734. The van der Waals surface area contributed by atoms with Crippen molar-refractivity contribution >= 4 is 5.97 Å². The molecule has 1 aromatic rings. The standard InChI is InChI=1S/C16H24O2/c1-6-16(4,5)18-15(17)11-13-7-9-14(10-8-13)12(2)3/h7-10,12H,6,11H2,1-5H3. The molecule has 100 valence electrons. The molecule has 0 aliphatic carbocycles. The van der Waals surface area contributed by atoms with Gasteiger partial charge in [0.15, 0.2) is 0 Å². The monoisotopic (exact) mass is 248 g/mol. The third-order valence-corrected chi connectivity index (χ3v) is 3.24. The summed E-state index contributed by atoms with van der Waals surface area (Å²) in [5.41, 5.74) is 1.94. The van der Waals surface area contributed by atoms with E-state index in [1.807, 2.05) is 32.9 Å². The summed E-state index contributed by atoms with van der Waals surface area (Å²) in [4.78, 5) is 11.8. The summed E-state index contributed by atoms with van der Waals surface area (Å²) in [6, 6.07) is 8.18. The minimum Gasteiger partial charge on any atom is -0.459 e. The van der Waals surface area contributed by atoms with Crippen LogP contribution < -0.4 is 0 Å². The summed E-state index contributed by atoms with van der Waals surface area (Å²) in [5.74, 6) is 0.365. The van der Waals surface area contributed by atoms with E-state index in [2.05, 4.69) is 26.0 Å². The van der Waals surface area contributed by atoms with Crippen molar-refractivity contribution in [1.29, 1.82) is 0 Å². The molecule has 0 spiro atoms. The summed E-state index contributed by atoms with van der Waals surface area (Å²) in [6.45, 7) is 10.2. The number of carbonyl (C=O) groups is 1. The van der Waals surface area contributed by atoms with Gasteiger partial charge in [-0.3, -0.25) is 4.79 Å². The van der Waals surface area contributed by atoms with Gasteiger partial charge in [0, 0.05) is 0 Å². The van der Waals surface area contributed by atoms with E-state index < -0.39 is 0 Å². The molecular weight excluding hydrogens is 224 g/mol. The zero-order valence-corrected chi connectivity index (χ0v) is 12.1. The molecule has 0 bridgehead atoms. The van der Waals surface area contributed by atoms with Crippen molar-refractivity contribution in [3.63, 3.8) is 0 Å². The van der Waals surface area contributed by atoms with Crippen LogP contribution in [-0.2, 0) is 16.0 Å². The fourth-order valence-corrected chi connectivity index (χ4v) is 1.60. The highest BCUT2D eigenvalue weighted by atomic mass is 16.6. The Balaban J connectivity index is 2.60. The first-order chi connectivity index (χ1) is 8.34. The Morgan fingerprint density at radius 1 is 1.22 bits per heavy atom. The first-order valence-electron chi connectivity index (χ1n) is 6.64. The maximum absolute atomic E-state index is 11.8. The largest absolute Gasteiger partial charge is 0.459 e. The van der Waals surface area contributed by atoms with Gasteiger partial charge in [-0.25, -0.2) is 0 Å². The van der Waals surface area contributed by atoms with Gasteiger partial charge < -0.3 is 4.74 Å². The number of esters is 1. The lowest BCUT2D eigenvalue weighted by molar-refractivity contribution is -0.155. The van der Waals surface area contributed by atoms with Gasteiger partial charge in [-0.15, -0.1) is 0 Å². The molecule has 1 aromatic carbocycles. The zero-order valence-electron chi connectivity index (χ0n) is 12.1. The molecule has 0 fully saturated rings. The van der Waals surface area contributed by atoms with Crippen LogP contribution in [0.25, 0.3) is 0 Å². The molecule has 18 heavy (non-hydrogen) atoms. The molecule has 2 nitrogen and oxygen atoms in total. The van der Waals surface area contributed by atoms with Crippen molar-refractivity contribution in [3.8, 4) is 0 Å². The summed E-state index contributed by atoms with van der Waals surface area (Å²) >= 11 is 0. The normalized spacial score (nSPS) is 11.7. The predicted molar refractivity (Wildman–Crippen MR) is 74.7 cm³/mol. The third-order valence-electron chi connectivity index (χ3n) is 3.24. The van der Waals surface area contributed by atoms with E-state index in [4.69, 9.17) is 4.74 Å². The van der Waals surface area contributed by atoms with E-state index >= 15 is 0 Å². The molecule has 0 atom stereocenters. The summed E-state index contributed by atoms with van der Waals surface area (Å²) < 4.78 is 5.43. The van der Waals surface area contributed by atoms with E-state index in [1.165, 1.54) is 5.56 Å². The molecule has 0 aromatic heterocycles. The van der Waals surface area contributed by atoms with Crippen LogP contribution in [0, 0.1) is 0 Å². The van der Waals surface area contributed by atoms with Gasteiger partial charge in [0.1, 0.15) is 5.60 Å². The molecule has 0 saturated carbocycles. The average molecular weight is 248 g/mol. The zero-order chi connectivity index (χ0) is 13.8. The first-order valence-corrected chi connectivity index (χ1v) is 6.64. The van der Waals surface area contributed by atoms with Crippen LogP contribution in [0.5, 0.6) is 0 Å². The van der Waals surface area contributed by atoms with Gasteiger partial charge >= 0.3 is 5.97 Å². The summed E-state index contributed by atoms with van der Waals surface area (Å²) in [7, 11) is 0. The van der Waals surface area contributed by atoms with E-state index in [9.17, 15) is 4.79 Å². The molecule has 2 heteroatoms. The van der Waals surface area contributed by atoms with Crippen LogP contribution in [0.1, 0.15) is 58.1 Å². The fraction of sp³-hybridized carbons (Fsp3) is 0.562. The topological polar surface area (TPSA) is 26.3 Å². The van der Waals surface area contributed by atoms with E-state index in [1.54, 1.807) is 0 Å². The van der Waals surface area contributed by atoms with Gasteiger partial charge in [0.05, 0.1) is 6.42 Å². The van der Waals surface area contributed by atoms with Gasteiger partial charge in [0.25, 0.3) is 0 Å². The number of hydrogen-bond donors (Lipinski definition) is 0. The molecule has 0 unspecified atom stereocenters. The lowest BCUT2D eigenvalue weighted by Gasteiger charge is -2.23. The Labute approximate surface area is 110 Å². The van der Waals surface area contributed by atoms with E-state index in [0.717, 1.165) is 12.0 Å². The SMILES string of the molecule is CCC(C)(C)OC(=O)Cc1ccc(C(C)C)cc1. The summed E-state index contributed by atoms with van der Waals surface area (Å²) in [5, 5.41) is 0. The molecule has 0 radical (unpaired) electrons. The van der Waals surface area contributed by atoms with Crippen LogP contribution in [0.3, 0.4) is 0 Å². The van der Waals surface area contributed by atoms with Gasteiger partial charge in [-0.1, -0.05) is 45.0 Å². The van der Waals surface area contributed by atoms with Crippen molar-refractivity contribution < 1.29 is 9.53 Å². The Kier molecular flexibility index (Phi) is 4.94. The van der Waals surface area contributed by atoms with Crippen molar-refractivity contribution in [2.75, 3.05) is 0 Å². The predicted octanol–water partition coefficient (Wildman–Crippen LogP) is 4.08. The molecular formula is C16H24O2. The highest BCUT2D eigenvalue weighted by Crippen LogP contribution is 2.17. The molecule has 0 aliphatic rings. The second-order valence-corrected chi connectivity index (χ2v) is 5.66. The third kappa shape index (κ3) is 4.52. The molecule has 0 aliphatic heterocycles. The van der Waals surface area contributed by atoms with Crippen molar-refractivity contribution in [2.24, 2.45) is 0 Å². The maximum Gasteiger partial charge on any atom is 0.310 e. The van der Waals surface area contributed by atoms with Gasteiger partial charge in [-0.2, -0.15) is 0 Å².